The molecule has 1 aliphatic heterocycles. The van der Waals surface area contributed by atoms with E-state index in [0.29, 0.717) is 29.1 Å². The Morgan fingerprint density at radius 2 is 1.63 bits per heavy atom. The third-order valence-corrected chi connectivity index (χ3v) is 7.29. The van der Waals surface area contributed by atoms with Crippen LogP contribution < -0.4 is 16.0 Å². The van der Waals surface area contributed by atoms with Crippen LogP contribution in [0, 0.1) is 17.8 Å². The number of nitrogens with one attached hydrogen (secondary N) is 1. The van der Waals surface area contributed by atoms with Crippen molar-refractivity contribution in [2.45, 2.75) is 57.3 Å². The molecule has 3 unspecified atom stereocenters. The molecule has 3 amide bonds. The predicted molar refractivity (Wildman–Crippen MR) is 142 cm³/mol. The number of nitrogens with two attached hydrogens (primary N) is 1. The highest BCUT2D eigenvalue weighted by molar-refractivity contribution is 6.20. The minimum Gasteiger partial charge on any atom is -0.369 e. The molecule has 3 atom stereocenters. The van der Waals surface area contributed by atoms with Crippen molar-refractivity contribution in [2.24, 2.45) is 28.5 Å². The van der Waals surface area contributed by atoms with E-state index in [4.69, 9.17) is 5.73 Å². The van der Waals surface area contributed by atoms with Crippen molar-refractivity contribution < 1.29 is 36.3 Å². The Morgan fingerprint density at radius 3 is 2.24 bits per heavy atom. The molecular weight excluding hydrogens is 547 g/mol. The minimum atomic E-state index is -4.65. The normalized spacial score (nSPS) is 18.8. The Bertz CT molecular complexity index is 1280. The predicted octanol–water partition coefficient (Wildman–Crippen LogP) is 4.83. The summed E-state index contributed by atoms with van der Waals surface area (Å²) in [4.78, 5) is 45.7. The lowest BCUT2D eigenvalue weighted by Gasteiger charge is -2.28. The summed E-state index contributed by atoms with van der Waals surface area (Å²) < 4.78 is 65.2. The number of nitrogens with zero attached hydrogens (tertiary/aromatic N) is 2. The molecule has 1 heterocycles. The number of amides is 3. The van der Waals surface area contributed by atoms with Crippen molar-refractivity contribution >= 4 is 29.1 Å². The smallest absolute Gasteiger partial charge is 0.369 e. The van der Waals surface area contributed by atoms with Crippen molar-refractivity contribution in [1.82, 2.24) is 5.32 Å². The fourth-order valence-electron chi connectivity index (χ4n) is 5.02. The van der Waals surface area contributed by atoms with E-state index < -0.39 is 74.0 Å². The third kappa shape index (κ3) is 7.89. The zero-order valence-corrected chi connectivity index (χ0v) is 22.1. The number of benzene rings is 2. The number of carbonyl (C=O) groups is 3. The number of carbonyl (C=O) groups excluding carboxylic acids is 3. The van der Waals surface area contributed by atoms with Gasteiger partial charge < -0.3 is 16.0 Å². The Labute approximate surface area is 234 Å². The Morgan fingerprint density at radius 1 is 0.976 bits per heavy atom. The number of para-hydroxylation sites is 1. The molecule has 3 N–H and O–H groups in total. The molecule has 220 valence electrons. The van der Waals surface area contributed by atoms with E-state index in [1.807, 2.05) is 0 Å². The molecule has 41 heavy (non-hydrogen) atoms. The standard InChI is InChI=1S/C29H31F5N4O3/c30-23(31)13-12-20(19(25(35)39)14-15-29(32,33)34)27(40)37-26-28(41)38(16-17-10-11-17)22-9-5-4-8-21(22)24(36-26)18-6-2-1-3-7-18/h1-9,17,19-20,23,26H,10-16H2,(H2,35,39)(H,37,40). The zero-order chi connectivity index (χ0) is 29.7. The van der Waals surface area contributed by atoms with Crippen molar-refractivity contribution in [3.05, 3.63) is 65.7 Å². The summed E-state index contributed by atoms with van der Waals surface area (Å²) >= 11 is 0. The van der Waals surface area contributed by atoms with Crippen LogP contribution in [0.3, 0.4) is 0 Å². The molecule has 2 aromatic carbocycles. The van der Waals surface area contributed by atoms with Crippen LogP contribution in [0.5, 0.6) is 0 Å². The molecule has 1 aliphatic carbocycles. The van der Waals surface area contributed by atoms with Gasteiger partial charge in [0, 0.05) is 42.3 Å². The molecule has 12 heteroatoms. The van der Waals surface area contributed by atoms with Crippen LogP contribution in [-0.2, 0) is 14.4 Å². The Hall–Kier alpha value is -3.83. The molecule has 0 bridgehead atoms. The van der Waals surface area contributed by atoms with Gasteiger partial charge in [0.2, 0.25) is 24.4 Å². The summed E-state index contributed by atoms with van der Waals surface area (Å²) in [6.45, 7) is 0.365. The van der Waals surface area contributed by atoms with E-state index in [9.17, 15) is 36.3 Å². The monoisotopic (exact) mass is 578 g/mol. The van der Waals surface area contributed by atoms with Gasteiger partial charge in [0.1, 0.15) is 0 Å². The maximum Gasteiger partial charge on any atom is 0.389 e. The quantitative estimate of drug-likeness (QED) is 0.353. The average molecular weight is 579 g/mol. The van der Waals surface area contributed by atoms with E-state index in [1.54, 1.807) is 54.6 Å². The number of anilines is 1. The summed E-state index contributed by atoms with van der Waals surface area (Å²) in [5.41, 5.74) is 7.62. The fraction of sp³-hybridized carbons (Fsp3) is 0.448. The maximum atomic E-state index is 13.9. The average Bonchev–Trinajstić information content (AvgIpc) is 3.75. The molecule has 0 radical (unpaired) electrons. The highest BCUT2D eigenvalue weighted by Gasteiger charge is 2.40. The second kappa shape index (κ2) is 12.8. The molecule has 4 rings (SSSR count). The van der Waals surface area contributed by atoms with Gasteiger partial charge in [0.05, 0.1) is 11.4 Å². The van der Waals surface area contributed by atoms with Gasteiger partial charge >= 0.3 is 6.18 Å². The van der Waals surface area contributed by atoms with Gasteiger partial charge in [0.25, 0.3) is 5.91 Å². The second-order valence-corrected chi connectivity index (χ2v) is 10.4. The first-order valence-corrected chi connectivity index (χ1v) is 13.4. The summed E-state index contributed by atoms with van der Waals surface area (Å²) in [5, 5.41) is 2.47. The van der Waals surface area contributed by atoms with E-state index >= 15 is 0 Å². The lowest BCUT2D eigenvalue weighted by molar-refractivity contribution is -0.146. The van der Waals surface area contributed by atoms with Gasteiger partial charge in [-0.1, -0.05) is 48.5 Å². The Kier molecular flexibility index (Phi) is 9.39. The number of hydrogen-bond acceptors (Lipinski definition) is 4. The first-order valence-electron chi connectivity index (χ1n) is 13.4. The summed E-state index contributed by atoms with van der Waals surface area (Å²) in [6.07, 6.45) is -10.9. The topological polar surface area (TPSA) is 105 Å². The Balaban J connectivity index is 1.72. The van der Waals surface area contributed by atoms with E-state index in [1.165, 1.54) is 4.90 Å². The molecule has 0 spiro atoms. The number of aliphatic imine (C=N–C) groups is 1. The molecule has 0 aromatic heterocycles. The van der Waals surface area contributed by atoms with Crippen molar-refractivity contribution in [3.63, 3.8) is 0 Å². The summed E-state index contributed by atoms with van der Waals surface area (Å²) in [6, 6.07) is 16.0. The largest absolute Gasteiger partial charge is 0.389 e. The van der Waals surface area contributed by atoms with Gasteiger partial charge in [-0.2, -0.15) is 13.2 Å². The molecular formula is C29H31F5N4O3. The van der Waals surface area contributed by atoms with Gasteiger partial charge in [-0.15, -0.1) is 0 Å². The molecule has 7 nitrogen and oxygen atoms in total. The van der Waals surface area contributed by atoms with Crippen LogP contribution in [0.25, 0.3) is 0 Å². The van der Waals surface area contributed by atoms with Crippen LogP contribution in [-0.4, -0.2) is 48.7 Å². The molecule has 0 saturated heterocycles. The fourth-order valence-corrected chi connectivity index (χ4v) is 5.02. The van der Waals surface area contributed by atoms with Crippen molar-refractivity contribution in [1.29, 1.82) is 0 Å². The lowest BCUT2D eigenvalue weighted by Crippen LogP contribution is -2.51. The highest BCUT2D eigenvalue weighted by Crippen LogP contribution is 2.35. The van der Waals surface area contributed by atoms with Crippen molar-refractivity contribution in [3.8, 4) is 0 Å². The van der Waals surface area contributed by atoms with E-state index in [-0.39, 0.29) is 5.92 Å². The molecule has 1 saturated carbocycles. The van der Waals surface area contributed by atoms with Gasteiger partial charge in [-0.05, 0) is 37.7 Å². The van der Waals surface area contributed by atoms with E-state index in [0.717, 1.165) is 12.8 Å². The van der Waals surface area contributed by atoms with Crippen LogP contribution >= 0.6 is 0 Å². The number of fused-ring (bicyclic) bond motifs is 1. The van der Waals surface area contributed by atoms with Crippen LogP contribution in [0.1, 0.15) is 49.7 Å². The number of alkyl halides is 5. The number of rotatable bonds is 12. The number of benzodiazepines with no additional fused rings is 1. The first kappa shape index (κ1) is 30.1. The minimum absolute atomic E-state index is 0.252. The summed E-state index contributed by atoms with van der Waals surface area (Å²) in [5.74, 6) is -5.87. The van der Waals surface area contributed by atoms with E-state index in [2.05, 4.69) is 10.3 Å². The maximum absolute atomic E-state index is 13.9. The molecule has 1 fully saturated rings. The van der Waals surface area contributed by atoms with Crippen LogP contribution in [0.4, 0.5) is 27.6 Å². The van der Waals surface area contributed by atoms with Gasteiger partial charge in [-0.3, -0.25) is 14.4 Å². The van der Waals surface area contributed by atoms with Gasteiger partial charge in [-0.25, -0.2) is 13.8 Å². The molecule has 2 aliphatic rings. The first-order chi connectivity index (χ1) is 19.4. The van der Waals surface area contributed by atoms with Crippen molar-refractivity contribution in [2.75, 3.05) is 11.4 Å². The van der Waals surface area contributed by atoms with Crippen LogP contribution in [0.15, 0.2) is 59.6 Å². The highest BCUT2D eigenvalue weighted by atomic mass is 19.4. The molecule has 2 aromatic rings. The second-order valence-electron chi connectivity index (χ2n) is 10.4. The third-order valence-electron chi connectivity index (χ3n) is 7.29. The van der Waals surface area contributed by atoms with Gasteiger partial charge in [0.15, 0.2) is 0 Å². The number of hydrogen-bond donors (Lipinski definition) is 2. The zero-order valence-electron chi connectivity index (χ0n) is 22.1. The summed E-state index contributed by atoms with van der Waals surface area (Å²) in [7, 11) is 0. The number of primary amides is 1. The SMILES string of the molecule is NC(=O)C(CCC(F)(F)F)C(CCC(F)F)C(=O)NC1N=C(c2ccccc2)c2ccccc2N(CC2CC2)C1=O. The lowest BCUT2D eigenvalue weighted by atomic mass is 9.83. The number of halogens is 5. The van der Waals surface area contributed by atoms with Crippen LogP contribution in [0.2, 0.25) is 0 Å².